The highest BCUT2D eigenvalue weighted by Gasteiger charge is 2.34. The second-order valence-electron chi connectivity index (χ2n) is 6.13. The normalized spacial score (nSPS) is 19.6. The Balaban J connectivity index is 1.45. The zero-order chi connectivity index (χ0) is 17.6. The standard InChI is InChI=1S/C18H24N4O3/c1-22-12-13(9-21-22)16-10-19-11-17(16)18(23)20-7-8-25-15-5-3-14(24-2)4-6-15/h3-6,9,12,16-17,19H,7-8,10-11H2,1-2H3,(H,20,23)/t16-,17+/m1/s1. The number of rotatable bonds is 7. The second-order valence-corrected chi connectivity index (χ2v) is 6.13. The number of aryl methyl sites for hydroxylation is 1. The molecule has 134 valence electrons. The summed E-state index contributed by atoms with van der Waals surface area (Å²) in [6.07, 6.45) is 3.81. The molecule has 25 heavy (non-hydrogen) atoms. The van der Waals surface area contributed by atoms with Crippen molar-refractivity contribution in [2.24, 2.45) is 13.0 Å². The number of benzene rings is 1. The third-order valence-corrected chi connectivity index (χ3v) is 4.43. The van der Waals surface area contributed by atoms with E-state index in [0.29, 0.717) is 19.7 Å². The number of nitrogens with zero attached hydrogens (tertiary/aromatic N) is 2. The van der Waals surface area contributed by atoms with Crippen molar-refractivity contribution in [3.8, 4) is 11.5 Å². The Morgan fingerprint density at radius 2 is 2.08 bits per heavy atom. The van der Waals surface area contributed by atoms with Crippen molar-refractivity contribution in [1.82, 2.24) is 20.4 Å². The predicted octanol–water partition coefficient (Wildman–Crippen LogP) is 0.927. The molecule has 1 amide bonds. The lowest BCUT2D eigenvalue weighted by atomic mass is 9.90. The van der Waals surface area contributed by atoms with Crippen molar-refractivity contribution in [3.63, 3.8) is 0 Å². The van der Waals surface area contributed by atoms with E-state index < -0.39 is 0 Å². The first kappa shape index (κ1) is 17.3. The summed E-state index contributed by atoms with van der Waals surface area (Å²) in [7, 11) is 3.51. The molecule has 2 aromatic rings. The Hall–Kier alpha value is -2.54. The van der Waals surface area contributed by atoms with Crippen molar-refractivity contribution >= 4 is 5.91 Å². The van der Waals surface area contributed by atoms with Crippen LogP contribution in [0, 0.1) is 5.92 Å². The highest BCUT2D eigenvalue weighted by molar-refractivity contribution is 5.80. The number of hydrogen-bond acceptors (Lipinski definition) is 5. The van der Waals surface area contributed by atoms with Gasteiger partial charge in [0.2, 0.25) is 5.91 Å². The van der Waals surface area contributed by atoms with E-state index in [2.05, 4.69) is 15.7 Å². The number of methoxy groups -OCH3 is 1. The van der Waals surface area contributed by atoms with Crippen LogP contribution in [0.2, 0.25) is 0 Å². The van der Waals surface area contributed by atoms with Gasteiger partial charge in [0.05, 0.1) is 25.8 Å². The highest BCUT2D eigenvalue weighted by atomic mass is 16.5. The summed E-state index contributed by atoms with van der Waals surface area (Å²) in [6.45, 7) is 2.38. The Morgan fingerprint density at radius 3 is 2.76 bits per heavy atom. The molecule has 1 aromatic carbocycles. The Morgan fingerprint density at radius 1 is 1.32 bits per heavy atom. The maximum atomic E-state index is 12.5. The van der Waals surface area contributed by atoms with Gasteiger partial charge in [-0.15, -0.1) is 0 Å². The molecule has 0 saturated carbocycles. The second kappa shape index (κ2) is 8.02. The van der Waals surface area contributed by atoms with Gasteiger partial charge in [-0.05, 0) is 29.8 Å². The molecule has 0 radical (unpaired) electrons. The maximum absolute atomic E-state index is 12.5. The molecule has 7 nitrogen and oxygen atoms in total. The molecule has 1 aliphatic rings. The molecule has 0 unspecified atom stereocenters. The van der Waals surface area contributed by atoms with Gasteiger partial charge in [-0.25, -0.2) is 0 Å². The zero-order valence-electron chi connectivity index (χ0n) is 14.6. The van der Waals surface area contributed by atoms with Crippen LogP contribution in [0.1, 0.15) is 11.5 Å². The molecule has 0 aliphatic carbocycles. The lowest BCUT2D eigenvalue weighted by molar-refractivity contribution is -0.124. The maximum Gasteiger partial charge on any atom is 0.225 e. The lowest BCUT2D eigenvalue weighted by Crippen LogP contribution is -2.36. The Kier molecular flexibility index (Phi) is 5.55. The van der Waals surface area contributed by atoms with Crippen LogP contribution in [0.4, 0.5) is 0 Å². The molecule has 2 heterocycles. The first-order chi connectivity index (χ1) is 12.2. The molecule has 3 rings (SSSR count). The van der Waals surface area contributed by atoms with E-state index in [9.17, 15) is 4.79 Å². The van der Waals surface area contributed by atoms with Gasteiger partial charge in [-0.2, -0.15) is 5.10 Å². The Bertz CT molecular complexity index is 699. The summed E-state index contributed by atoms with van der Waals surface area (Å²) in [5.74, 6) is 1.68. The van der Waals surface area contributed by atoms with E-state index in [1.807, 2.05) is 43.7 Å². The van der Waals surface area contributed by atoms with Crippen LogP contribution < -0.4 is 20.1 Å². The molecule has 1 fully saturated rings. The van der Waals surface area contributed by atoms with Crippen LogP contribution >= 0.6 is 0 Å². The van der Waals surface area contributed by atoms with E-state index in [-0.39, 0.29) is 17.7 Å². The SMILES string of the molecule is COc1ccc(OCCNC(=O)[C@H]2CNC[C@@H]2c2cnn(C)c2)cc1. The molecular weight excluding hydrogens is 320 g/mol. The summed E-state index contributed by atoms with van der Waals surface area (Å²) in [5.41, 5.74) is 1.10. The number of hydrogen-bond donors (Lipinski definition) is 2. The lowest BCUT2D eigenvalue weighted by Gasteiger charge is -2.17. The average Bonchev–Trinajstić information content (AvgIpc) is 3.27. The van der Waals surface area contributed by atoms with Crippen molar-refractivity contribution in [2.75, 3.05) is 33.4 Å². The van der Waals surface area contributed by atoms with Crippen LogP contribution in [-0.4, -0.2) is 49.0 Å². The first-order valence-corrected chi connectivity index (χ1v) is 8.41. The molecular formula is C18H24N4O3. The monoisotopic (exact) mass is 344 g/mol. The minimum atomic E-state index is -0.0785. The minimum absolute atomic E-state index is 0.0529. The van der Waals surface area contributed by atoms with Gasteiger partial charge in [-0.1, -0.05) is 0 Å². The van der Waals surface area contributed by atoms with Gasteiger partial charge in [0, 0.05) is 32.3 Å². The smallest absolute Gasteiger partial charge is 0.225 e. The number of ether oxygens (including phenoxy) is 2. The Labute approximate surface area is 147 Å². The minimum Gasteiger partial charge on any atom is -0.497 e. The molecule has 2 atom stereocenters. The molecule has 7 heteroatoms. The number of amides is 1. The van der Waals surface area contributed by atoms with Crippen molar-refractivity contribution < 1.29 is 14.3 Å². The summed E-state index contributed by atoms with van der Waals surface area (Å²) in [5, 5.41) is 10.5. The van der Waals surface area contributed by atoms with Crippen LogP contribution in [0.15, 0.2) is 36.7 Å². The molecule has 1 aromatic heterocycles. The molecule has 0 bridgehead atoms. The third-order valence-electron chi connectivity index (χ3n) is 4.43. The fourth-order valence-corrected chi connectivity index (χ4v) is 3.08. The fourth-order valence-electron chi connectivity index (χ4n) is 3.08. The van der Waals surface area contributed by atoms with Gasteiger partial charge in [0.25, 0.3) is 0 Å². The van der Waals surface area contributed by atoms with Gasteiger partial charge in [0.1, 0.15) is 18.1 Å². The van der Waals surface area contributed by atoms with Crippen LogP contribution in [0.5, 0.6) is 11.5 Å². The van der Waals surface area contributed by atoms with E-state index in [1.54, 1.807) is 11.8 Å². The highest BCUT2D eigenvalue weighted by Crippen LogP contribution is 2.27. The number of nitrogens with one attached hydrogen (secondary N) is 2. The van der Waals surface area contributed by atoms with Crippen molar-refractivity contribution in [3.05, 3.63) is 42.2 Å². The largest absolute Gasteiger partial charge is 0.497 e. The van der Waals surface area contributed by atoms with Gasteiger partial charge in [0.15, 0.2) is 0 Å². The number of carbonyl (C=O) groups excluding carboxylic acids is 1. The summed E-state index contributed by atoms with van der Waals surface area (Å²) >= 11 is 0. The van der Waals surface area contributed by atoms with Gasteiger partial charge < -0.3 is 20.1 Å². The molecule has 1 aliphatic heterocycles. The van der Waals surface area contributed by atoms with Gasteiger partial charge >= 0.3 is 0 Å². The summed E-state index contributed by atoms with van der Waals surface area (Å²) < 4.78 is 12.5. The quantitative estimate of drug-likeness (QED) is 0.731. The summed E-state index contributed by atoms with van der Waals surface area (Å²) in [6, 6.07) is 7.38. The molecule has 0 spiro atoms. The number of carbonyl (C=O) groups is 1. The van der Waals surface area contributed by atoms with E-state index >= 15 is 0 Å². The average molecular weight is 344 g/mol. The fraction of sp³-hybridized carbons (Fsp3) is 0.444. The van der Waals surface area contributed by atoms with E-state index in [1.165, 1.54) is 0 Å². The van der Waals surface area contributed by atoms with Gasteiger partial charge in [-0.3, -0.25) is 9.48 Å². The van der Waals surface area contributed by atoms with Crippen LogP contribution in [-0.2, 0) is 11.8 Å². The third kappa shape index (κ3) is 4.30. The number of aromatic nitrogens is 2. The topological polar surface area (TPSA) is 77.4 Å². The predicted molar refractivity (Wildman–Crippen MR) is 93.8 cm³/mol. The molecule has 1 saturated heterocycles. The zero-order valence-corrected chi connectivity index (χ0v) is 14.6. The van der Waals surface area contributed by atoms with E-state index in [0.717, 1.165) is 23.6 Å². The van der Waals surface area contributed by atoms with Crippen molar-refractivity contribution in [1.29, 1.82) is 0 Å². The first-order valence-electron chi connectivity index (χ1n) is 8.41. The molecule has 2 N–H and O–H groups in total. The van der Waals surface area contributed by atoms with Crippen LogP contribution in [0.25, 0.3) is 0 Å². The van der Waals surface area contributed by atoms with Crippen LogP contribution in [0.3, 0.4) is 0 Å². The van der Waals surface area contributed by atoms with Crippen molar-refractivity contribution in [2.45, 2.75) is 5.92 Å². The van der Waals surface area contributed by atoms with E-state index in [4.69, 9.17) is 9.47 Å². The summed E-state index contributed by atoms with van der Waals surface area (Å²) in [4.78, 5) is 12.5.